The average Bonchev–Trinajstić information content (AvgIpc) is 3.12. The molecular weight excluding hydrogens is 420 g/mol. The summed E-state index contributed by atoms with van der Waals surface area (Å²) in [7, 11) is 0. The van der Waals surface area contributed by atoms with Crippen LogP contribution in [0, 0.1) is 5.92 Å². The Kier molecular flexibility index (Phi) is 3.95. The van der Waals surface area contributed by atoms with Gasteiger partial charge in [0.2, 0.25) is 0 Å². The van der Waals surface area contributed by atoms with Gasteiger partial charge in [-0.2, -0.15) is 0 Å². The third-order valence-electron chi connectivity index (χ3n) is 6.40. The normalized spacial score (nSPS) is 22.4. The summed E-state index contributed by atoms with van der Waals surface area (Å²) in [6.45, 7) is 0. The zero-order valence-corrected chi connectivity index (χ0v) is 17.1. The van der Waals surface area contributed by atoms with Crippen molar-refractivity contribution in [3.8, 4) is 5.75 Å². The van der Waals surface area contributed by atoms with Crippen molar-refractivity contribution >= 4 is 23.3 Å². The zero-order chi connectivity index (χ0) is 22.7. The molecule has 2 atom stereocenters. The van der Waals surface area contributed by atoms with Crippen LogP contribution in [-0.2, 0) is 15.1 Å². The average molecular weight is 436 g/mol. The van der Waals surface area contributed by atoms with Gasteiger partial charge in [-0.15, -0.1) is 0 Å². The van der Waals surface area contributed by atoms with Crippen LogP contribution in [0.3, 0.4) is 0 Å². The second-order valence-electron chi connectivity index (χ2n) is 8.07. The molecule has 1 spiro atoms. The van der Waals surface area contributed by atoms with Crippen LogP contribution in [0.25, 0.3) is 5.57 Å². The highest BCUT2D eigenvalue weighted by Gasteiger charge is 2.61. The van der Waals surface area contributed by atoms with Gasteiger partial charge in [-0.1, -0.05) is 54.6 Å². The molecule has 160 valence electrons. The highest BCUT2D eigenvalue weighted by atomic mass is 16.6. The van der Waals surface area contributed by atoms with Gasteiger partial charge in [0.05, 0.1) is 11.1 Å². The van der Waals surface area contributed by atoms with Crippen LogP contribution in [0.15, 0.2) is 90.7 Å². The van der Waals surface area contributed by atoms with E-state index in [1.165, 1.54) is 6.07 Å². The minimum atomic E-state index is -1.41. The van der Waals surface area contributed by atoms with Crippen LogP contribution < -0.4 is 4.74 Å². The minimum Gasteiger partial charge on any atom is -0.478 e. The zero-order valence-electron chi connectivity index (χ0n) is 17.1. The number of rotatable bonds is 2. The Bertz CT molecular complexity index is 1450. The largest absolute Gasteiger partial charge is 0.478 e. The minimum absolute atomic E-state index is 0.0175. The number of carbonyl (C=O) groups is 3. The summed E-state index contributed by atoms with van der Waals surface area (Å²) in [5, 5.41) is 9.67. The Morgan fingerprint density at radius 2 is 1.48 bits per heavy atom. The van der Waals surface area contributed by atoms with Crippen LogP contribution in [0.1, 0.15) is 37.4 Å². The summed E-state index contributed by atoms with van der Waals surface area (Å²) in [6.07, 6.45) is 3.23. The van der Waals surface area contributed by atoms with Crippen molar-refractivity contribution in [2.75, 3.05) is 0 Å². The molecule has 0 bridgehead atoms. The van der Waals surface area contributed by atoms with E-state index in [-0.39, 0.29) is 16.9 Å². The topological polar surface area (TPSA) is 89.9 Å². The number of Topliss-reactive ketones (excluding diaryl/α,β-unsaturated/α-hetero) is 1. The van der Waals surface area contributed by atoms with E-state index in [0.717, 1.165) is 0 Å². The van der Waals surface area contributed by atoms with Gasteiger partial charge in [-0.3, -0.25) is 4.79 Å². The van der Waals surface area contributed by atoms with E-state index in [9.17, 15) is 19.5 Å². The second kappa shape index (κ2) is 6.77. The molecule has 0 fully saturated rings. The molecule has 6 heteroatoms. The van der Waals surface area contributed by atoms with Crippen LogP contribution in [0.4, 0.5) is 0 Å². The van der Waals surface area contributed by atoms with Gasteiger partial charge in [-0.25, -0.2) is 9.59 Å². The lowest BCUT2D eigenvalue weighted by Gasteiger charge is -2.43. The smallest absolute Gasteiger partial charge is 0.339 e. The Balaban J connectivity index is 1.62. The number of esters is 1. The van der Waals surface area contributed by atoms with Gasteiger partial charge >= 0.3 is 11.9 Å². The van der Waals surface area contributed by atoms with E-state index in [4.69, 9.17) is 9.47 Å². The molecule has 2 heterocycles. The van der Waals surface area contributed by atoms with Gasteiger partial charge in [0.15, 0.2) is 11.4 Å². The first-order valence-electron chi connectivity index (χ1n) is 10.4. The molecule has 1 N–H and O–H groups in total. The first kappa shape index (κ1) is 19.3. The van der Waals surface area contributed by atoms with Crippen molar-refractivity contribution in [2.24, 2.45) is 5.92 Å². The number of carbonyl (C=O) groups excluding carboxylic acids is 2. The van der Waals surface area contributed by atoms with Crippen molar-refractivity contribution in [3.05, 3.63) is 119 Å². The van der Waals surface area contributed by atoms with Crippen LogP contribution in [0.2, 0.25) is 0 Å². The molecule has 0 aromatic heterocycles. The Hall–Kier alpha value is -4.45. The maximum Gasteiger partial charge on any atom is 0.339 e. The van der Waals surface area contributed by atoms with Crippen molar-refractivity contribution in [1.29, 1.82) is 0 Å². The highest BCUT2D eigenvalue weighted by molar-refractivity contribution is 6.26. The van der Waals surface area contributed by atoms with E-state index >= 15 is 0 Å². The molecule has 0 saturated heterocycles. The molecule has 2 aliphatic heterocycles. The number of hydrogen-bond acceptors (Lipinski definition) is 5. The number of carboxylic acids is 1. The number of fused-ring (bicyclic) bond motifs is 6. The van der Waals surface area contributed by atoms with Crippen molar-refractivity contribution in [3.63, 3.8) is 0 Å². The Morgan fingerprint density at radius 1 is 0.818 bits per heavy atom. The van der Waals surface area contributed by atoms with Gasteiger partial charge < -0.3 is 14.6 Å². The van der Waals surface area contributed by atoms with Crippen LogP contribution in [-0.4, -0.2) is 22.8 Å². The molecule has 0 saturated carbocycles. The summed E-state index contributed by atoms with van der Waals surface area (Å²) in [6, 6.07) is 20.5. The third-order valence-corrected chi connectivity index (χ3v) is 6.40. The summed E-state index contributed by atoms with van der Waals surface area (Å²) >= 11 is 0. The first-order valence-corrected chi connectivity index (χ1v) is 10.4. The SMILES string of the molecule is O=C(O)c1ccccc1C1=CC=C2Oc3ccccc3C3(OC(=O)c4ccccc43)C2C1=O. The van der Waals surface area contributed by atoms with E-state index in [1.807, 2.05) is 6.07 Å². The molecule has 2 unspecified atom stereocenters. The standard InChI is InChI=1S/C27H16O6/c28-24-16(15-7-1-2-8-17(15)25(29)30)13-14-22-23(24)27(20-11-5-6-12-21(20)32-22)19-10-4-3-9-18(19)26(31)33-27/h1-14,23H,(H,29,30). The van der Waals surface area contributed by atoms with Gasteiger partial charge in [0, 0.05) is 16.7 Å². The molecular formula is C27H16O6. The molecule has 33 heavy (non-hydrogen) atoms. The fourth-order valence-electron chi connectivity index (χ4n) is 5.03. The first-order chi connectivity index (χ1) is 16.0. The summed E-state index contributed by atoms with van der Waals surface area (Å²) in [4.78, 5) is 38.8. The molecule has 0 radical (unpaired) electrons. The summed E-state index contributed by atoms with van der Waals surface area (Å²) in [5.74, 6) is -2.18. The molecule has 3 aliphatic rings. The number of ketones is 1. The second-order valence-corrected chi connectivity index (χ2v) is 8.07. The van der Waals surface area contributed by atoms with Crippen molar-refractivity contribution in [1.82, 2.24) is 0 Å². The third kappa shape index (κ3) is 2.52. The van der Waals surface area contributed by atoms with Gasteiger partial charge in [0.1, 0.15) is 17.4 Å². The van der Waals surface area contributed by atoms with Crippen LogP contribution >= 0.6 is 0 Å². The number of allylic oxidation sites excluding steroid dienone is 3. The number of benzene rings is 3. The molecule has 3 aromatic carbocycles. The molecule has 6 rings (SSSR count). The van der Waals surface area contributed by atoms with Crippen molar-refractivity contribution in [2.45, 2.75) is 5.60 Å². The maximum atomic E-state index is 14.0. The van der Waals surface area contributed by atoms with E-state index < -0.39 is 23.5 Å². The monoisotopic (exact) mass is 436 g/mol. The Labute approximate surface area is 188 Å². The quantitative estimate of drug-likeness (QED) is 0.601. The Morgan fingerprint density at radius 3 is 2.27 bits per heavy atom. The highest BCUT2D eigenvalue weighted by Crippen LogP contribution is 2.57. The predicted molar refractivity (Wildman–Crippen MR) is 118 cm³/mol. The molecule has 1 aliphatic carbocycles. The van der Waals surface area contributed by atoms with E-state index in [0.29, 0.717) is 33.8 Å². The lowest BCUT2D eigenvalue weighted by Crippen LogP contribution is -2.47. The van der Waals surface area contributed by atoms with E-state index in [1.54, 1.807) is 72.8 Å². The van der Waals surface area contributed by atoms with Gasteiger partial charge in [-0.05, 0) is 35.9 Å². The summed E-state index contributed by atoms with van der Waals surface area (Å²) in [5.41, 5.74) is 0.687. The predicted octanol–water partition coefficient (Wildman–Crippen LogP) is 4.36. The number of hydrogen-bond donors (Lipinski definition) is 1. The van der Waals surface area contributed by atoms with Gasteiger partial charge in [0.25, 0.3) is 0 Å². The fraction of sp³-hybridized carbons (Fsp3) is 0.0741. The maximum absolute atomic E-state index is 14.0. The van der Waals surface area contributed by atoms with Crippen LogP contribution in [0.5, 0.6) is 5.75 Å². The lowest BCUT2D eigenvalue weighted by atomic mass is 9.68. The van der Waals surface area contributed by atoms with E-state index in [2.05, 4.69) is 0 Å². The molecule has 6 nitrogen and oxygen atoms in total. The number of para-hydroxylation sites is 1. The number of carboxylic acid groups (broad SMARTS) is 1. The fourth-order valence-corrected chi connectivity index (χ4v) is 5.03. The lowest BCUT2D eigenvalue weighted by molar-refractivity contribution is -0.124. The number of ether oxygens (including phenoxy) is 2. The molecule has 0 amide bonds. The van der Waals surface area contributed by atoms with Crippen molar-refractivity contribution < 1.29 is 29.0 Å². The molecule has 3 aromatic rings. The summed E-state index contributed by atoms with van der Waals surface area (Å²) < 4.78 is 12.2. The number of aromatic carboxylic acids is 1.